The highest BCUT2D eigenvalue weighted by atomic mass is 79.9. The van der Waals surface area contributed by atoms with Gasteiger partial charge in [-0.25, -0.2) is 0 Å². The van der Waals surface area contributed by atoms with E-state index in [1.54, 1.807) is 7.11 Å². The van der Waals surface area contributed by atoms with Crippen LogP contribution in [0.1, 0.15) is 51.9 Å². The summed E-state index contributed by atoms with van der Waals surface area (Å²) >= 11 is 3.64. The van der Waals surface area contributed by atoms with Crippen LogP contribution in [0.15, 0.2) is 0 Å². The standard InChI is InChI=1S/C14H27BrO2/c1-3-5-13-6-8-14(12-15,9-7-13)17-11-4-10-16-2/h13H,3-12H2,1-2H3. The first-order valence-electron chi connectivity index (χ1n) is 6.95. The molecular weight excluding hydrogens is 280 g/mol. The Hall–Kier alpha value is 0.400. The first-order valence-corrected chi connectivity index (χ1v) is 8.07. The lowest BCUT2D eigenvalue weighted by Crippen LogP contribution is -2.39. The fourth-order valence-electron chi connectivity index (χ4n) is 2.71. The molecule has 17 heavy (non-hydrogen) atoms. The topological polar surface area (TPSA) is 18.5 Å². The minimum absolute atomic E-state index is 0.109. The second kappa shape index (κ2) is 8.49. The van der Waals surface area contributed by atoms with E-state index in [1.807, 2.05) is 0 Å². The van der Waals surface area contributed by atoms with Crippen LogP contribution >= 0.6 is 15.9 Å². The normalized spacial score (nSPS) is 29.5. The molecule has 0 heterocycles. The van der Waals surface area contributed by atoms with E-state index in [0.717, 1.165) is 30.9 Å². The van der Waals surface area contributed by atoms with Crippen LogP contribution in [0, 0.1) is 5.92 Å². The van der Waals surface area contributed by atoms with E-state index in [0.29, 0.717) is 0 Å². The molecule has 0 aromatic heterocycles. The molecule has 0 radical (unpaired) electrons. The molecule has 1 fully saturated rings. The van der Waals surface area contributed by atoms with Gasteiger partial charge >= 0.3 is 0 Å². The van der Waals surface area contributed by atoms with Crippen LogP contribution < -0.4 is 0 Å². The monoisotopic (exact) mass is 306 g/mol. The highest BCUT2D eigenvalue weighted by molar-refractivity contribution is 9.09. The smallest absolute Gasteiger partial charge is 0.0779 e. The van der Waals surface area contributed by atoms with Gasteiger partial charge in [0.25, 0.3) is 0 Å². The Bertz CT molecular complexity index is 183. The van der Waals surface area contributed by atoms with Crippen LogP contribution in [0.5, 0.6) is 0 Å². The fraction of sp³-hybridized carbons (Fsp3) is 1.00. The van der Waals surface area contributed by atoms with Crippen molar-refractivity contribution in [3.63, 3.8) is 0 Å². The molecule has 0 spiro atoms. The maximum absolute atomic E-state index is 6.12. The van der Waals surface area contributed by atoms with Gasteiger partial charge in [-0.15, -0.1) is 0 Å². The summed E-state index contributed by atoms with van der Waals surface area (Å²) in [5.74, 6) is 0.940. The Morgan fingerprint density at radius 1 is 1.24 bits per heavy atom. The average molecular weight is 307 g/mol. The van der Waals surface area contributed by atoms with E-state index in [9.17, 15) is 0 Å². The predicted molar refractivity (Wildman–Crippen MR) is 75.8 cm³/mol. The summed E-state index contributed by atoms with van der Waals surface area (Å²) in [6, 6.07) is 0. The predicted octanol–water partition coefficient (Wildman–Crippen LogP) is 4.16. The third-order valence-corrected chi connectivity index (χ3v) is 4.88. The summed E-state index contributed by atoms with van der Waals surface area (Å²) in [4.78, 5) is 0. The summed E-state index contributed by atoms with van der Waals surface area (Å²) in [5, 5.41) is 0.978. The second-order valence-corrected chi connectivity index (χ2v) is 5.80. The minimum Gasteiger partial charge on any atom is -0.385 e. The van der Waals surface area contributed by atoms with Crippen molar-refractivity contribution in [2.45, 2.75) is 57.5 Å². The van der Waals surface area contributed by atoms with Crippen molar-refractivity contribution in [1.29, 1.82) is 0 Å². The van der Waals surface area contributed by atoms with Crippen molar-refractivity contribution in [2.24, 2.45) is 5.92 Å². The van der Waals surface area contributed by atoms with Crippen molar-refractivity contribution < 1.29 is 9.47 Å². The number of alkyl halides is 1. The lowest BCUT2D eigenvalue weighted by Gasteiger charge is -2.39. The SMILES string of the molecule is CCCC1CCC(CBr)(OCCCOC)CC1. The molecule has 0 bridgehead atoms. The third-order valence-electron chi connectivity index (χ3n) is 3.86. The van der Waals surface area contributed by atoms with Crippen molar-refractivity contribution >= 4 is 15.9 Å². The van der Waals surface area contributed by atoms with Gasteiger partial charge in [0.2, 0.25) is 0 Å². The van der Waals surface area contributed by atoms with Gasteiger partial charge in [-0.05, 0) is 38.0 Å². The summed E-state index contributed by atoms with van der Waals surface area (Å²) in [7, 11) is 1.75. The van der Waals surface area contributed by atoms with Crippen molar-refractivity contribution in [3.8, 4) is 0 Å². The van der Waals surface area contributed by atoms with Gasteiger partial charge in [0.05, 0.1) is 5.60 Å². The van der Waals surface area contributed by atoms with Gasteiger partial charge in [-0.3, -0.25) is 0 Å². The average Bonchev–Trinajstić information content (AvgIpc) is 2.37. The van der Waals surface area contributed by atoms with E-state index in [-0.39, 0.29) is 5.60 Å². The van der Waals surface area contributed by atoms with Gasteiger partial charge < -0.3 is 9.47 Å². The number of halogens is 1. The van der Waals surface area contributed by atoms with Gasteiger partial charge in [-0.2, -0.15) is 0 Å². The van der Waals surface area contributed by atoms with E-state index in [2.05, 4.69) is 22.9 Å². The molecule has 0 saturated heterocycles. The van der Waals surface area contributed by atoms with Crippen LogP contribution in [0.4, 0.5) is 0 Å². The molecular formula is C14H27BrO2. The van der Waals surface area contributed by atoms with Crippen LogP contribution in [0.3, 0.4) is 0 Å². The molecule has 2 nitrogen and oxygen atoms in total. The number of hydrogen-bond donors (Lipinski definition) is 0. The largest absolute Gasteiger partial charge is 0.385 e. The lowest BCUT2D eigenvalue weighted by atomic mass is 9.78. The maximum atomic E-state index is 6.12. The quantitative estimate of drug-likeness (QED) is 0.495. The molecule has 0 aromatic carbocycles. The lowest BCUT2D eigenvalue weighted by molar-refractivity contribution is -0.0650. The van der Waals surface area contributed by atoms with Gasteiger partial charge in [0.1, 0.15) is 0 Å². The summed E-state index contributed by atoms with van der Waals surface area (Å²) in [5.41, 5.74) is 0.109. The first kappa shape index (κ1) is 15.5. The minimum atomic E-state index is 0.109. The molecule has 3 heteroatoms. The second-order valence-electron chi connectivity index (χ2n) is 5.24. The molecule has 0 N–H and O–H groups in total. The zero-order valence-electron chi connectivity index (χ0n) is 11.3. The Kier molecular flexibility index (Phi) is 7.72. The summed E-state index contributed by atoms with van der Waals surface area (Å²) in [6.45, 7) is 3.92. The van der Waals surface area contributed by atoms with E-state index < -0.39 is 0 Å². The summed E-state index contributed by atoms with van der Waals surface area (Å²) < 4.78 is 11.2. The molecule has 1 saturated carbocycles. The zero-order valence-corrected chi connectivity index (χ0v) is 12.9. The van der Waals surface area contributed by atoms with Crippen LogP contribution in [0.2, 0.25) is 0 Å². The molecule has 0 amide bonds. The van der Waals surface area contributed by atoms with Gasteiger partial charge in [0.15, 0.2) is 0 Å². The summed E-state index contributed by atoms with van der Waals surface area (Å²) in [6.07, 6.45) is 8.82. The van der Waals surface area contributed by atoms with Gasteiger partial charge in [0, 0.05) is 25.7 Å². The number of methoxy groups -OCH3 is 1. The van der Waals surface area contributed by atoms with E-state index in [4.69, 9.17) is 9.47 Å². The molecule has 1 rings (SSSR count). The Morgan fingerprint density at radius 2 is 1.94 bits per heavy atom. The Labute approximate surface area is 115 Å². The molecule has 0 aliphatic heterocycles. The number of rotatable bonds is 8. The Balaban J connectivity index is 2.28. The van der Waals surface area contributed by atoms with Crippen molar-refractivity contribution in [1.82, 2.24) is 0 Å². The van der Waals surface area contributed by atoms with Crippen molar-refractivity contribution in [3.05, 3.63) is 0 Å². The number of ether oxygens (including phenoxy) is 2. The van der Waals surface area contributed by atoms with E-state index >= 15 is 0 Å². The van der Waals surface area contributed by atoms with Gasteiger partial charge in [-0.1, -0.05) is 35.7 Å². The third kappa shape index (κ3) is 5.27. The van der Waals surface area contributed by atoms with Crippen LogP contribution in [0.25, 0.3) is 0 Å². The number of hydrogen-bond acceptors (Lipinski definition) is 2. The van der Waals surface area contributed by atoms with E-state index in [1.165, 1.54) is 38.5 Å². The molecule has 102 valence electrons. The molecule has 1 aliphatic rings. The van der Waals surface area contributed by atoms with Crippen LogP contribution in [-0.4, -0.2) is 31.3 Å². The van der Waals surface area contributed by atoms with Crippen LogP contribution in [-0.2, 0) is 9.47 Å². The molecule has 0 unspecified atom stereocenters. The molecule has 1 aliphatic carbocycles. The molecule has 0 aromatic rings. The highest BCUT2D eigenvalue weighted by Crippen LogP contribution is 2.38. The maximum Gasteiger partial charge on any atom is 0.0779 e. The first-order chi connectivity index (χ1) is 8.26. The molecule has 0 atom stereocenters. The zero-order chi connectivity index (χ0) is 12.6. The van der Waals surface area contributed by atoms with Crippen molar-refractivity contribution in [2.75, 3.05) is 25.7 Å². The fourth-order valence-corrected chi connectivity index (χ4v) is 3.43. The Morgan fingerprint density at radius 3 is 2.47 bits per heavy atom. The highest BCUT2D eigenvalue weighted by Gasteiger charge is 2.34.